The average molecular weight is 463 g/mol. The summed E-state index contributed by atoms with van der Waals surface area (Å²) in [4.78, 5) is 25.5. The third-order valence-electron chi connectivity index (χ3n) is 5.60. The molecule has 1 heterocycles. The fourth-order valence-electron chi connectivity index (χ4n) is 4.04. The molecule has 170 valence electrons. The number of carbonyl (C=O) groups excluding carboxylic acids is 2. The molecule has 0 N–H and O–H groups in total. The summed E-state index contributed by atoms with van der Waals surface area (Å²) in [6.07, 6.45) is 1.33. The lowest BCUT2D eigenvalue weighted by molar-refractivity contribution is -0.168. The lowest BCUT2D eigenvalue weighted by atomic mass is 9.94. The van der Waals surface area contributed by atoms with E-state index in [0.29, 0.717) is 30.1 Å². The highest BCUT2D eigenvalue weighted by molar-refractivity contribution is 6.71. The van der Waals surface area contributed by atoms with Crippen LogP contribution in [0.4, 0.5) is 0 Å². The quantitative estimate of drug-likeness (QED) is 0.235. The van der Waals surface area contributed by atoms with Crippen LogP contribution in [0.25, 0.3) is 0 Å². The van der Waals surface area contributed by atoms with Crippen LogP contribution in [0.15, 0.2) is 91.0 Å². The zero-order valence-electron chi connectivity index (χ0n) is 18.4. The van der Waals surface area contributed by atoms with Gasteiger partial charge >= 0.3 is 20.7 Å². The second-order valence-electron chi connectivity index (χ2n) is 7.90. The van der Waals surface area contributed by atoms with Crippen LogP contribution in [0.2, 0.25) is 5.04 Å². The zero-order valence-corrected chi connectivity index (χ0v) is 19.4. The molecule has 0 saturated carbocycles. The molecule has 3 aromatic rings. The van der Waals surface area contributed by atoms with E-state index in [9.17, 15) is 9.59 Å². The van der Waals surface area contributed by atoms with Crippen LogP contribution in [-0.2, 0) is 14.3 Å². The van der Waals surface area contributed by atoms with Gasteiger partial charge in [0.05, 0.1) is 0 Å². The number of esters is 2. The Morgan fingerprint density at radius 3 is 1.55 bits per heavy atom. The summed E-state index contributed by atoms with van der Waals surface area (Å²) in [6, 6.07) is 27.5. The van der Waals surface area contributed by atoms with E-state index in [-0.39, 0.29) is 12.8 Å². The van der Waals surface area contributed by atoms with Gasteiger partial charge in [0, 0.05) is 6.42 Å². The largest absolute Gasteiger partial charge is 0.717 e. The summed E-state index contributed by atoms with van der Waals surface area (Å²) in [5.41, 5.74) is 0. The molecule has 0 spiro atoms. The first-order valence-electron chi connectivity index (χ1n) is 11.0. The summed E-state index contributed by atoms with van der Waals surface area (Å²) >= 11 is 0. The minimum atomic E-state index is -4.01. The van der Waals surface area contributed by atoms with Crippen LogP contribution in [0.1, 0.15) is 32.6 Å². The maximum Gasteiger partial charge on any atom is 0.717 e. The van der Waals surface area contributed by atoms with Crippen molar-refractivity contribution in [2.24, 2.45) is 0 Å². The Kier molecular flexibility index (Phi) is 6.79. The van der Waals surface area contributed by atoms with E-state index in [1.807, 2.05) is 61.5 Å². The van der Waals surface area contributed by atoms with Crippen molar-refractivity contribution in [2.75, 3.05) is 0 Å². The summed E-state index contributed by atoms with van der Waals surface area (Å²) < 4.78 is 25.0. The van der Waals surface area contributed by atoms with Crippen molar-refractivity contribution >= 4 is 20.7 Å². The number of ether oxygens (including phenoxy) is 1. The number of hydrogen-bond donors (Lipinski definition) is 0. The van der Waals surface area contributed by atoms with Crippen LogP contribution in [0.5, 0.6) is 17.2 Å². The van der Waals surface area contributed by atoms with Gasteiger partial charge in [0.1, 0.15) is 17.2 Å². The molecule has 0 aromatic heterocycles. The number of cyclic esters (lactones) is 2. The zero-order chi connectivity index (χ0) is 23.2. The van der Waals surface area contributed by atoms with Gasteiger partial charge in [-0.25, -0.2) is 0 Å². The van der Waals surface area contributed by atoms with Crippen LogP contribution in [0, 0.1) is 0 Å². The van der Waals surface area contributed by atoms with E-state index in [0.717, 1.165) is 0 Å². The normalized spacial score (nSPS) is 18.3. The topological polar surface area (TPSA) is 71.1 Å². The van der Waals surface area contributed by atoms with E-state index in [1.165, 1.54) is 0 Å². The van der Waals surface area contributed by atoms with Gasteiger partial charge in [-0.1, -0.05) is 67.9 Å². The van der Waals surface area contributed by atoms with Gasteiger partial charge in [0.2, 0.25) is 0 Å². The van der Waals surface area contributed by atoms with Crippen molar-refractivity contribution < 1.29 is 27.6 Å². The second kappa shape index (κ2) is 9.91. The SMILES string of the molecule is CCCC1([Si](Oc2ccccc2)(Oc2ccccc2)Oc2ccccc2)CCC(=O)OC1=O. The molecule has 1 saturated heterocycles. The van der Waals surface area contributed by atoms with Gasteiger partial charge in [0.15, 0.2) is 5.04 Å². The molecule has 0 aliphatic carbocycles. The highest BCUT2D eigenvalue weighted by atomic mass is 28.4. The molecule has 3 aromatic carbocycles. The van der Waals surface area contributed by atoms with E-state index < -0.39 is 25.8 Å². The summed E-state index contributed by atoms with van der Waals surface area (Å²) in [6.45, 7) is 1.97. The highest BCUT2D eigenvalue weighted by Gasteiger charge is 2.73. The number of hydrogen-bond acceptors (Lipinski definition) is 6. The minimum Gasteiger partial charge on any atom is -0.483 e. The third kappa shape index (κ3) is 4.78. The number of benzene rings is 3. The van der Waals surface area contributed by atoms with Crippen molar-refractivity contribution in [2.45, 2.75) is 37.6 Å². The fraction of sp³-hybridized carbons (Fsp3) is 0.231. The molecule has 6 nitrogen and oxygen atoms in total. The fourth-order valence-corrected chi connectivity index (χ4v) is 7.38. The molecule has 33 heavy (non-hydrogen) atoms. The van der Waals surface area contributed by atoms with Crippen molar-refractivity contribution in [1.29, 1.82) is 0 Å². The van der Waals surface area contributed by atoms with E-state index >= 15 is 0 Å². The van der Waals surface area contributed by atoms with Gasteiger partial charge in [-0.15, -0.1) is 0 Å². The molecule has 1 aliphatic heterocycles. The Labute approximate surface area is 194 Å². The molecule has 1 unspecified atom stereocenters. The van der Waals surface area contributed by atoms with E-state index in [2.05, 4.69) is 0 Å². The number of para-hydroxylation sites is 3. The molecule has 0 radical (unpaired) electrons. The number of rotatable bonds is 9. The third-order valence-corrected chi connectivity index (χ3v) is 8.99. The van der Waals surface area contributed by atoms with Crippen molar-refractivity contribution in [3.05, 3.63) is 91.0 Å². The highest BCUT2D eigenvalue weighted by Crippen LogP contribution is 2.52. The van der Waals surface area contributed by atoms with Gasteiger partial charge in [-0.2, -0.15) is 0 Å². The molecule has 1 fully saturated rings. The van der Waals surface area contributed by atoms with Crippen LogP contribution >= 0.6 is 0 Å². The minimum absolute atomic E-state index is 0.0783. The Hall–Kier alpha value is -3.58. The lowest BCUT2D eigenvalue weighted by Gasteiger charge is -2.43. The van der Waals surface area contributed by atoms with Crippen molar-refractivity contribution in [3.8, 4) is 17.2 Å². The molecule has 4 rings (SSSR count). The summed E-state index contributed by atoms with van der Waals surface area (Å²) in [7, 11) is -4.01. The Morgan fingerprint density at radius 2 is 1.18 bits per heavy atom. The van der Waals surface area contributed by atoms with E-state index in [1.54, 1.807) is 36.4 Å². The summed E-state index contributed by atoms with van der Waals surface area (Å²) in [5.74, 6) is 0.326. The Morgan fingerprint density at radius 1 is 0.758 bits per heavy atom. The van der Waals surface area contributed by atoms with Crippen LogP contribution in [0.3, 0.4) is 0 Å². The van der Waals surface area contributed by atoms with Crippen LogP contribution < -0.4 is 13.3 Å². The van der Waals surface area contributed by atoms with Gasteiger partial charge in [0.25, 0.3) is 0 Å². The Balaban J connectivity index is 1.91. The Bertz CT molecular complexity index is 972. The van der Waals surface area contributed by atoms with Crippen molar-refractivity contribution in [3.63, 3.8) is 0 Å². The summed E-state index contributed by atoms with van der Waals surface area (Å²) in [5, 5.41) is -1.27. The smallest absolute Gasteiger partial charge is 0.483 e. The van der Waals surface area contributed by atoms with Gasteiger partial charge in [-0.3, -0.25) is 9.59 Å². The van der Waals surface area contributed by atoms with Gasteiger partial charge in [-0.05, 0) is 49.2 Å². The molecular formula is C26H26O6Si. The van der Waals surface area contributed by atoms with Crippen molar-refractivity contribution in [1.82, 2.24) is 0 Å². The number of carbonyl (C=O) groups is 2. The first-order chi connectivity index (χ1) is 16.1. The standard InChI is InChI=1S/C26H26O6Si/c1-2-19-26(20-18-24(27)29-25(26)28)33(30-21-12-6-3-7-13-21,31-22-14-8-4-9-15-22)32-23-16-10-5-11-17-23/h3-17H,2,18-20H2,1H3. The molecular weight excluding hydrogens is 436 g/mol. The second-order valence-corrected chi connectivity index (χ2v) is 10.6. The maximum atomic E-state index is 13.5. The van der Waals surface area contributed by atoms with E-state index in [4.69, 9.17) is 18.0 Å². The predicted molar refractivity (Wildman–Crippen MR) is 125 cm³/mol. The molecule has 7 heteroatoms. The average Bonchev–Trinajstić information content (AvgIpc) is 2.83. The first-order valence-corrected chi connectivity index (χ1v) is 12.8. The molecule has 0 bridgehead atoms. The monoisotopic (exact) mass is 462 g/mol. The first kappa shape index (κ1) is 22.6. The maximum absolute atomic E-state index is 13.5. The molecule has 1 atom stereocenters. The predicted octanol–water partition coefficient (Wildman–Crippen LogP) is 5.57. The molecule has 0 amide bonds. The lowest BCUT2D eigenvalue weighted by Crippen LogP contribution is -2.67. The van der Waals surface area contributed by atoms with Crippen LogP contribution in [-0.4, -0.2) is 20.7 Å². The van der Waals surface area contributed by atoms with Gasteiger partial charge < -0.3 is 18.0 Å². The molecule has 1 aliphatic rings.